The molecule has 4 aliphatic rings. The number of thiol groups is 1. The van der Waals surface area contributed by atoms with Crippen molar-refractivity contribution in [1.29, 1.82) is 0 Å². The zero-order valence-corrected chi connectivity index (χ0v) is 26.5. The van der Waals surface area contributed by atoms with Crippen LogP contribution in [-0.4, -0.2) is 86.2 Å². The second-order valence-corrected chi connectivity index (χ2v) is 16.5. The quantitative estimate of drug-likeness (QED) is 0.124. The van der Waals surface area contributed by atoms with Crippen LogP contribution in [0.5, 0.6) is 0 Å². The van der Waals surface area contributed by atoms with Crippen molar-refractivity contribution in [3.63, 3.8) is 0 Å². The van der Waals surface area contributed by atoms with Crippen LogP contribution in [0.15, 0.2) is 23.8 Å². The van der Waals surface area contributed by atoms with Gasteiger partial charge in [-0.25, -0.2) is 29.1 Å². The van der Waals surface area contributed by atoms with Crippen molar-refractivity contribution in [1.82, 2.24) is 39.0 Å². The summed E-state index contributed by atoms with van der Waals surface area (Å²) < 4.78 is 59.4. The van der Waals surface area contributed by atoms with Crippen molar-refractivity contribution < 1.29 is 42.0 Å². The number of nitrogen functional groups attached to an aromatic ring is 2. The molecule has 2 saturated carbocycles. The highest BCUT2D eigenvalue weighted by Crippen LogP contribution is 2.67. The van der Waals surface area contributed by atoms with Gasteiger partial charge in [0.25, 0.3) is 5.56 Å². The number of nitrogens with one attached hydrogen (secondary N) is 1. The minimum absolute atomic E-state index is 0.0401. The molecule has 46 heavy (non-hydrogen) atoms. The molecule has 4 aromatic heterocycles. The first kappa shape index (κ1) is 30.4. The number of aromatic nitrogens is 8. The Hall–Kier alpha value is -2.97. The molecule has 2 saturated heterocycles. The summed E-state index contributed by atoms with van der Waals surface area (Å²) >= 11 is 4.21. The van der Waals surface area contributed by atoms with E-state index in [1.807, 2.05) is 0 Å². The van der Waals surface area contributed by atoms with Gasteiger partial charge in [0.05, 0.1) is 31.9 Å². The van der Waals surface area contributed by atoms with Gasteiger partial charge in [-0.3, -0.25) is 32.4 Å². The van der Waals surface area contributed by atoms with Crippen LogP contribution < -0.4 is 17.0 Å². The highest BCUT2D eigenvalue weighted by Gasteiger charge is 2.70. The molecule has 0 radical (unpaired) electrons. The Bertz CT molecular complexity index is 2060. The smallest absolute Gasteiger partial charge is 0.388 e. The third kappa shape index (κ3) is 4.72. The number of phosphoric ester groups is 1. The van der Waals surface area contributed by atoms with E-state index < -0.39 is 74.3 Å². The first-order chi connectivity index (χ1) is 21.7. The largest absolute Gasteiger partial charge is 0.472 e. The van der Waals surface area contributed by atoms with E-state index >= 15 is 0 Å². The molecular formula is C23H28N10O10P2S. The molecule has 246 valence electrons. The van der Waals surface area contributed by atoms with Gasteiger partial charge in [0.1, 0.15) is 35.8 Å². The van der Waals surface area contributed by atoms with Gasteiger partial charge < -0.3 is 30.8 Å². The molecule has 0 spiro atoms. The fourth-order valence-electron chi connectivity index (χ4n) is 6.85. The molecule has 7 N–H and O–H groups in total. The second-order valence-electron chi connectivity index (χ2n) is 12.2. The number of imidazole rings is 2. The molecule has 0 amide bonds. The van der Waals surface area contributed by atoms with E-state index in [9.17, 15) is 23.9 Å². The normalized spacial score (nSPS) is 41.0. The molecule has 8 rings (SSSR count). The summed E-state index contributed by atoms with van der Waals surface area (Å²) in [4.78, 5) is 46.5. The monoisotopic (exact) mass is 698 g/mol. The van der Waals surface area contributed by atoms with Gasteiger partial charge in [0.2, 0.25) is 5.95 Å². The number of ether oxygens (including phenoxy) is 1. The van der Waals surface area contributed by atoms with Crippen LogP contribution in [0.1, 0.15) is 32.0 Å². The molecule has 0 aromatic carbocycles. The lowest BCUT2D eigenvalue weighted by molar-refractivity contribution is -0.0931. The number of aliphatic hydroxyl groups excluding tert-OH is 1. The number of hydrogen-bond acceptors (Lipinski definition) is 16. The summed E-state index contributed by atoms with van der Waals surface area (Å²) in [5.41, 5.74) is 9.39. The van der Waals surface area contributed by atoms with Gasteiger partial charge >= 0.3 is 14.6 Å². The lowest BCUT2D eigenvalue weighted by Crippen LogP contribution is -2.39. The minimum atomic E-state index is -4.85. The van der Waals surface area contributed by atoms with Crippen molar-refractivity contribution in [3.05, 3.63) is 29.3 Å². The molecule has 1 unspecified atom stereocenters. The van der Waals surface area contributed by atoms with E-state index in [0.717, 1.165) is 0 Å². The molecule has 2 bridgehead atoms. The standard InChI is InChI=1S/C23H28N10O10P2S/c1-22-3-10(32-7-28-11-16(24)26-6-27-17(11)32)13(34)15(22)43-45(38,46)40-5-23-2-9(23)14(42-44(36,37)39-4-22)20(41-23)33-8-29-12-18(33)30-21(25)31-19(12)35/h6-10,13-15,20,34H,2-5H2,1H3,(H,36,37)(H,38,46)(H2,24,26,27)(H3,25,30,31,35)/t9-,10+,13-,14+,15-,20+,22+,23+,45+/m0/s1. The SMILES string of the molecule is C[C@@]12COP(=O)(O)O[C@H]3[C@H](n4cnc5c(=O)[nH]c(N)nc54)O[C@@]4(CO[P@@](=O)(S)O[C@H]1[C@@H](O)[C@H](n1cnc5c(N)ncnc51)C2)C[C@@H]34. The van der Waals surface area contributed by atoms with Crippen LogP contribution >= 0.6 is 26.9 Å². The van der Waals surface area contributed by atoms with Gasteiger partial charge in [-0.1, -0.05) is 19.2 Å². The van der Waals surface area contributed by atoms with Crippen molar-refractivity contribution in [3.8, 4) is 0 Å². The van der Waals surface area contributed by atoms with Crippen molar-refractivity contribution >= 4 is 61.0 Å². The number of hydrogen-bond donors (Lipinski definition) is 6. The first-order valence-corrected chi connectivity index (χ1v) is 18.2. The molecule has 6 heterocycles. The predicted molar refractivity (Wildman–Crippen MR) is 159 cm³/mol. The maximum atomic E-state index is 13.7. The number of rotatable bonds is 2. The first-order valence-electron chi connectivity index (χ1n) is 14.0. The van der Waals surface area contributed by atoms with Crippen LogP contribution in [0.2, 0.25) is 0 Å². The number of aromatic amines is 1. The lowest BCUT2D eigenvalue weighted by atomic mass is 9.87. The number of nitrogens with two attached hydrogens (primary N) is 2. The van der Waals surface area contributed by atoms with Crippen molar-refractivity contribution in [2.75, 3.05) is 24.7 Å². The van der Waals surface area contributed by atoms with Gasteiger partial charge in [-0.15, -0.1) is 0 Å². The third-order valence-electron chi connectivity index (χ3n) is 9.18. The minimum Gasteiger partial charge on any atom is -0.388 e. The zero-order chi connectivity index (χ0) is 32.4. The zero-order valence-electron chi connectivity index (χ0n) is 23.8. The lowest BCUT2D eigenvalue weighted by Gasteiger charge is -2.34. The number of phosphoric acid groups is 1. The molecule has 4 aromatic rings. The Morgan fingerprint density at radius 3 is 2.61 bits per heavy atom. The van der Waals surface area contributed by atoms with Crippen LogP contribution in [0.25, 0.3) is 22.3 Å². The number of aliphatic hydroxyl groups is 1. The van der Waals surface area contributed by atoms with E-state index in [1.165, 1.54) is 23.5 Å². The van der Waals surface area contributed by atoms with Gasteiger partial charge in [-0.2, -0.15) is 4.98 Å². The predicted octanol–water partition coefficient (Wildman–Crippen LogP) is 0.679. The van der Waals surface area contributed by atoms with Crippen LogP contribution in [0.3, 0.4) is 0 Å². The van der Waals surface area contributed by atoms with E-state index in [4.69, 9.17) is 34.3 Å². The van der Waals surface area contributed by atoms with Gasteiger partial charge in [-0.05, 0) is 12.8 Å². The van der Waals surface area contributed by atoms with Crippen LogP contribution in [-0.2, 0) is 32.0 Å². The Balaban J connectivity index is 1.14. The summed E-state index contributed by atoms with van der Waals surface area (Å²) in [5.74, 6) is -0.566. The summed E-state index contributed by atoms with van der Waals surface area (Å²) in [7, 11) is -4.85. The molecule has 23 heteroatoms. The fourth-order valence-corrected chi connectivity index (χ4v) is 9.52. The van der Waals surface area contributed by atoms with E-state index in [-0.39, 0.29) is 36.0 Å². The van der Waals surface area contributed by atoms with Crippen molar-refractivity contribution in [2.45, 2.75) is 55.9 Å². The van der Waals surface area contributed by atoms with E-state index in [1.54, 1.807) is 11.5 Å². The summed E-state index contributed by atoms with van der Waals surface area (Å²) in [6, 6.07) is -0.772. The van der Waals surface area contributed by atoms with E-state index in [0.29, 0.717) is 17.6 Å². The highest BCUT2D eigenvalue weighted by atomic mass is 32.7. The average Bonchev–Trinajstić information content (AvgIpc) is 3.30. The number of H-pyrrole nitrogens is 1. The Morgan fingerprint density at radius 2 is 1.80 bits per heavy atom. The molecule has 2 aliphatic heterocycles. The maximum Gasteiger partial charge on any atom is 0.472 e. The average molecular weight is 699 g/mol. The summed E-state index contributed by atoms with van der Waals surface area (Å²) in [6.45, 7) is -3.36. The maximum absolute atomic E-state index is 13.7. The third-order valence-corrected chi connectivity index (χ3v) is 11.7. The summed E-state index contributed by atoms with van der Waals surface area (Å²) in [6.07, 6.45) is -0.505. The summed E-state index contributed by atoms with van der Waals surface area (Å²) in [5, 5.41) is 11.6. The van der Waals surface area contributed by atoms with Gasteiger partial charge in [0.15, 0.2) is 28.9 Å². The number of nitrogens with zero attached hydrogens (tertiary/aromatic N) is 7. The fraction of sp³-hybridized carbons (Fsp3) is 0.565. The van der Waals surface area contributed by atoms with Gasteiger partial charge in [0, 0.05) is 11.3 Å². The highest BCUT2D eigenvalue weighted by molar-refractivity contribution is 8.44. The molecule has 4 fully saturated rings. The topological polar surface area (TPSA) is 280 Å². The number of anilines is 2. The second kappa shape index (κ2) is 10.0. The molecule has 2 aliphatic carbocycles. The van der Waals surface area contributed by atoms with Crippen LogP contribution in [0.4, 0.5) is 11.8 Å². The molecule has 20 nitrogen and oxygen atoms in total. The Morgan fingerprint density at radius 1 is 1.04 bits per heavy atom. The molecular weight excluding hydrogens is 670 g/mol. The van der Waals surface area contributed by atoms with Crippen molar-refractivity contribution in [2.24, 2.45) is 11.3 Å². The van der Waals surface area contributed by atoms with E-state index in [2.05, 4.69) is 42.2 Å². The Labute approximate surface area is 263 Å². The van der Waals surface area contributed by atoms with Crippen LogP contribution in [0, 0.1) is 11.3 Å². The molecule has 10 atom stereocenters. The number of fused-ring (bicyclic) bond motifs is 3. The Kier molecular flexibility index (Phi) is 6.62.